The highest BCUT2D eigenvalue weighted by Crippen LogP contribution is 2.12. The third-order valence-corrected chi connectivity index (χ3v) is 2.17. The molecule has 84 valence electrons. The number of pyridine rings is 1. The second kappa shape index (κ2) is 5.12. The van der Waals surface area contributed by atoms with E-state index in [1.807, 2.05) is 6.07 Å². The first kappa shape index (κ1) is 12.0. The first-order valence-electron chi connectivity index (χ1n) is 4.82. The Morgan fingerprint density at radius 2 is 2.19 bits per heavy atom. The highest BCUT2D eigenvalue weighted by atomic mass is 16.2. The molecule has 0 unspecified atom stereocenters. The van der Waals surface area contributed by atoms with E-state index in [4.69, 9.17) is 5.26 Å². The van der Waals surface area contributed by atoms with Crippen molar-refractivity contribution in [2.24, 2.45) is 0 Å². The molecule has 0 radical (unpaired) electrons. The van der Waals surface area contributed by atoms with E-state index in [0.29, 0.717) is 5.69 Å². The van der Waals surface area contributed by atoms with E-state index >= 15 is 0 Å². The zero-order valence-electron chi connectivity index (χ0n) is 9.64. The van der Waals surface area contributed by atoms with Crippen molar-refractivity contribution in [2.45, 2.75) is 0 Å². The van der Waals surface area contributed by atoms with Gasteiger partial charge < -0.3 is 9.80 Å². The number of likely N-dealkylation sites (N-methyl/N-ethyl adjacent to an activating group) is 2. The van der Waals surface area contributed by atoms with Crippen LogP contribution < -0.4 is 4.90 Å². The van der Waals surface area contributed by atoms with Gasteiger partial charge in [0.05, 0.1) is 6.54 Å². The smallest absolute Gasteiger partial charge is 0.241 e. The van der Waals surface area contributed by atoms with E-state index in [-0.39, 0.29) is 12.5 Å². The van der Waals surface area contributed by atoms with Gasteiger partial charge in [-0.15, -0.1) is 0 Å². The predicted molar refractivity (Wildman–Crippen MR) is 60.9 cm³/mol. The molecule has 0 saturated carbocycles. The van der Waals surface area contributed by atoms with Gasteiger partial charge in [0.2, 0.25) is 5.91 Å². The van der Waals surface area contributed by atoms with Crippen LogP contribution in [0.2, 0.25) is 0 Å². The average molecular weight is 218 g/mol. The van der Waals surface area contributed by atoms with Crippen LogP contribution >= 0.6 is 0 Å². The summed E-state index contributed by atoms with van der Waals surface area (Å²) in [4.78, 5) is 18.7. The molecule has 0 aliphatic carbocycles. The van der Waals surface area contributed by atoms with Crippen LogP contribution in [0.25, 0.3) is 0 Å². The lowest BCUT2D eigenvalue weighted by Crippen LogP contribution is -2.34. The van der Waals surface area contributed by atoms with Gasteiger partial charge in [-0.05, 0) is 12.1 Å². The third-order valence-electron chi connectivity index (χ3n) is 2.17. The molecule has 1 amide bonds. The van der Waals surface area contributed by atoms with Crippen LogP contribution in [0.4, 0.5) is 5.69 Å². The van der Waals surface area contributed by atoms with Crippen molar-refractivity contribution in [1.82, 2.24) is 9.88 Å². The highest BCUT2D eigenvalue weighted by Gasteiger charge is 2.09. The summed E-state index contributed by atoms with van der Waals surface area (Å²) >= 11 is 0. The van der Waals surface area contributed by atoms with E-state index < -0.39 is 0 Å². The summed E-state index contributed by atoms with van der Waals surface area (Å²) in [5, 5.41) is 8.71. The molecular formula is C11H14N4O. The molecule has 5 nitrogen and oxygen atoms in total. The molecule has 0 bridgehead atoms. The molecule has 16 heavy (non-hydrogen) atoms. The Balaban J connectivity index is 2.77. The summed E-state index contributed by atoms with van der Waals surface area (Å²) in [5.74, 6) is 0.0119. The number of aromatic nitrogens is 1. The fourth-order valence-electron chi connectivity index (χ4n) is 1.15. The van der Waals surface area contributed by atoms with Crippen molar-refractivity contribution in [2.75, 3.05) is 32.6 Å². The van der Waals surface area contributed by atoms with Crippen LogP contribution in [0.1, 0.15) is 5.69 Å². The number of nitrogens with zero attached hydrogens (tertiary/aromatic N) is 4. The zero-order valence-corrected chi connectivity index (χ0v) is 9.64. The first-order valence-corrected chi connectivity index (χ1v) is 4.82. The van der Waals surface area contributed by atoms with E-state index in [1.165, 1.54) is 4.90 Å². The summed E-state index contributed by atoms with van der Waals surface area (Å²) in [6, 6.07) is 5.39. The van der Waals surface area contributed by atoms with E-state index in [0.717, 1.165) is 5.69 Å². The monoisotopic (exact) mass is 218 g/mol. The molecule has 1 rings (SSSR count). The second-order valence-electron chi connectivity index (χ2n) is 3.66. The predicted octanol–water partition coefficient (Wildman–Crippen LogP) is 0.478. The Bertz CT molecular complexity index is 422. The minimum Gasteiger partial charge on any atom is -0.365 e. The fourth-order valence-corrected chi connectivity index (χ4v) is 1.15. The SMILES string of the molecule is CN(C)C(=O)CN(C)c1ccnc(C#N)c1. The van der Waals surface area contributed by atoms with Crippen LogP contribution in [-0.2, 0) is 4.79 Å². The average Bonchev–Trinajstić information content (AvgIpc) is 2.28. The lowest BCUT2D eigenvalue weighted by atomic mass is 10.3. The van der Waals surface area contributed by atoms with Crippen LogP contribution in [-0.4, -0.2) is 43.5 Å². The summed E-state index contributed by atoms with van der Waals surface area (Å²) in [5.41, 5.74) is 1.16. The lowest BCUT2D eigenvalue weighted by Gasteiger charge is -2.20. The Morgan fingerprint density at radius 3 is 2.75 bits per heavy atom. The Hall–Kier alpha value is -2.09. The summed E-state index contributed by atoms with van der Waals surface area (Å²) in [6.07, 6.45) is 1.56. The van der Waals surface area contributed by atoms with E-state index in [2.05, 4.69) is 4.98 Å². The van der Waals surface area contributed by atoms with Crippen LogP contribution in [0.3, 0.4) is 0 Å². The standard InChI is InChI=1S/C11H14N4O/c1-14(2)11(16)8-15(3)10-4-5-13-9(6-10)7-12/h4-6H,8H2,1-3H3. The van der Waals surface area contributed by atoms with Crippen molar-refractivity contribution >= 4 is 11.6 Å². The number of hydrogen-bond donors (Lipinski definition) is 0. The normalized spacial score (nSPS) is 9.38. The van der Waals surface area contributed by atoms with Crippen molar-refractivity contribution in [1.29, 1.82) is 5.26 Å². The number of carbonyl (C=O) groups excluding carboxylic acids is 1. The van der Waals surface area contributed by atoms with Gasteiger partial charge in [0.25, 0.3) is 0 Å². The minimum atomic E-state index is 0.0119. The van der Waals surface area contributed by atoms with Gasteiger partial charge in [0.1, 0.15) is 11.8 Å². The number of nitriles is 1. The van der Waals surface area contributed by atoms with Gasteiger partial charge in [-0.2, -0.15) is 5.26 Å². The molecule has 5 heteroatoms. The Kier molecular flexibility index (Phi) is 3.84. The number of rotatable bonds is 3. The van der Waals surface area contributed by atoms with Crippen LogP contribution in [0.5, 0.6) is 0 Å². The number of carbonyl (C=O) groups is 1. The lowest BCUT2D eigenvalue weighted by molar-refractivity contribution is -0.127. The number of anilines is 1. The zero-order chi connectivity index (χ0) is 12.1. The van der Waals surface area contributed by atoms with E-state index in [9.17, 15) is 4.79 Å². The molecule has 0 spiro atoms. The molecular weight excluding hydrogens is 204 g/mol. The minimum absolute atomic E-state index is 0.0119. The van der Waals surface area contributed by atoms with Gasteiger partial charge in [0, 0.05) is 33.0 Å². The van der Waals surface area contributed by atoms with Gasteiger partial charge in [-0.3, -0.25) is 4.79 Å². The van der Waals surface area contributed by atoms with Crippen molar-refractivity contribution in [3.63, 3.8) is 0 Å². The van der Waals surface area contributed by atoms with Crippen molar-refractivity contribution in [3.8, 4) is 6.07 Å². The van der Waals surface area contributed by atoms with Gasteiger partial charge in [0.15, 0.2) is 0 Å². The topological polar surface area (TPSA) is 60.2 Å². The molecule has 0 aliphatic rings. The molecule has 0 aromatic carbocycles. The van der Waals surface area contributed by atoms with Crippen LogP contribution in [0.15, 0.2) is 18.3 Å². The molecule has 0 atom stereocenters. The summed E-state index contributed by atoms with van der Waals surface area (Å²) in [6.45, 7) is 0.280. The largest absolute Gasteiger partial charge is 0.365 e. The molecule has 1 heterocycles. The second-order valence-corrected chi connectivity index (χ2v) is 3.66. The summed E-state index contributed by atoms with van der Waals surface area (Å²) < 4.78 is 0. The van der Waals surface area contributed by atoms with Crippen molar-refractivity contribution < 1.29 is 4.79 Å². The van der Waals surface area contributed by atoms with Gasteiger partial charge in [-0.25, -0.2) is 4.98 Å². The number of amides is 1. The van der Waals surface area contributed by atoms with E-state index in [1.54, 1.807) is 44.4 Å². The summed E-state index contributed by atoms with van der Waals surface area (Å²) in [7, 11) is 5.23. The van der Waals surface area contributed by atoms with Crippen molar-refractivity contribution in [3.05, 3.63) is 24.0 Å². The molecule has 1 aromatic rings. The van der Waals surface area contributed by atoms with Crippen LogP contribution in [0, 0.1) is 11.3 Å². The quantitative estimate of drug-likeness (QED) is 0.740. The number of hydrogen-bond acceptors (Lipinski definition) is 4. The van der Waals surface area contributed by atoms with Gasteiger partial charge >= 0.3 is 0 Å². The Labute approximate surface area is 94.9 Å². The maximum Gasteiger partial charge on any atom is 0.241 e. The molecule has 0 aliphatic heterocycles. The Morgan fingerprint density at radius 1 is 1.50 bits per heavy atom. The molecule has 0 N–H and O–H groups in total. The van der Waals surface area contributed by atoms with Gasteiger partial charge in [-0.1, -0.05) is 0 Å². The highest BCUT2D eigenvalue weighted by molar-refractivity contribution is 5.80. The third kappa shape index (κ3) is 2.95. The first-order chi connectivity index (χ1) is 7.54. The molecule has 1 aromatic heterocycles. The fraction of sp³-hybridized carbons (Fsp3) is 0.364. The maximum atomic E-state index is 11.5. The molecule has 0 fully saturated rings. The maximum absolute atomic E-state index is 11.5. The molecule has 0 saturated heterocycles.